The lowest BCUT2D eigenvalue weighted by molar-refractivity contribution is 0.0692. The van der Waals surface area contributed by atoms with Gasteiger partial charge in [0.1, 0.15) is 17.1 Å². The van der Waals surface area contributed by atoms with Gasteiger partial charge in [0.05, 0.1) is 5.02 Å². The van der Waals surface area contributed by atoms with Crippen LogP contribution in [0.25, 0.3) is 0 Å². The fourth-order valence-corrected chi connectivity index (χ4v) is 1.87. The largest absolute Gasteiger partial charge is 0.507 e. The SMILES string of the molecule is C=C(/C=C/CC)Cc1c(Cl)c(O)cc(O)c1C(=O)O. The molecule has 0 fully saturated rings. The van der Waals surface area contributed by atoms with E-state index >= 15 is 0 Å². The van der Waals surface area contributed by atoms with E-state index in [0.717, 1.165) is 12.5 Å². The van der Waals surface area contributed by atoms with Crippen LogP contribution in [0.5, 0.6) is 11.5 Å². The third kappa shape index (κ3) is 3.51. The van der Waals surface area contributed by atoms with E-state index in [0.29, 0.717) is 5.57 Å². The van der Waals surface area contributed by atoms with Crippen molar-refractivity contribution in [2.75, 3.05) is 0 Å². The molecule has 1 aromatic rings. The summed E-state index contributed by atoms with van der Waals surface area (Å²) in [5.41, 5.74) is 0.475. The molecule has 3 N–H and O–H groups in total. The molecule has 0 amide bonds. The number of phenolic OH excluding ortho intramolecular Hbond substituents is 1. The summed E-state index contributed by atoms with van der Waals surface area (Å²) in [6, 6.07) is 0.917. The molecule has 102 valence electrons. The van der Waals surface area contributed by atoms with Crippen molar-refractivity contribution in [1.82, 2.24) is 0 Å². The summed E-state index contributed by atoms with van der Waals surface area (Å²) >= 11 is 5.90. The Kier molecular flexibility index (Phi) is 5.01. The third-order valence-electron chi connectivity index (χ3n) is 2.53. The number of phenols is 2. The molecule has 19 heavy (non-hydrogen) atoms. The van der Waals surface area contributed by atoms with Crippen LogP contribution in [0.15, 0.2) is 30.4 Å². The minimum absolute atomic E-state index is 0.0822. The molecule has 0 spiro atoms. The van der Waals surface area contributed by atoms with Crippen LogP contribution in [0.2, 0.25) is 5.02 Å². The molecule has 0 bridgehead atoms. The first-order valence-electron chi connectivity index (χ1n) is 5.69. The number of carboxylic acids is 1. The van der Waals surface area contributed by atoms with Crippen molar-refractivity contribution in [3.05, 3.63) is 46.5 Å². The molecule has 0 saturated heterocycles. The van der Waals surface area contributed by atoms with Crippen molar-refractivity contribution in [3.63, 3.8) is 0 Å². The lowest BCUT2D eigenvalue weighted by atomic mass is 9.98. The van der Waals surface area contributed by atoms with Crippen LogP contribution >= 0.6 is 11.6 Å². The molecule has 0 aliphatic heterocycles. The fraction of sp³-hybridized carbons (Fsp3) is 0.214. The Morgan fingerprint density at radius 3 is 2.58 bits per heavy atom. The Hall–Kier alpha value is -1.94. The van der Waals surface area contributed by atoms with Crippen molar-refractivity contribution in [2.24, 2.45) is 0 Å². The Bertz CT molecular complexity index is 547. The number of allylic oxidation sites excluding steroid dienone is 3. The van der Waals surface area contributed by atoms with Gasteiger partial charge < -0.3 is 15.3 Å². The second-order valence-corrected chi connectivity index (χ2v) is 4.41. The second-order valence-electron chi connectivity index (χ2n) is 4.03. The maximum Gasteiger partial charge on any atom is 0.339 e. The zero-order chi connectivity index (χ0) is 14.6. The van der Waals surface area contributed by atoms with Crippen LogP contribution in [-0.2, 0) is 6.42 Å². The average Bonchev–Trinajstić information content (AvgIpc) is 2.32. The first kappa shape index (κ1) is 15.1. The monoisotopic (exact) mass is 282 g/mol. The first-order chi connectivity index (χ1) is 8.88. The highest BCUT2D eigenvalue weighted by molar-refractivity contribution is 6.33. The van der Waals surface area contributed by atoms with Gasteiger partial charge >= 0.3 is 5.97 Å². The highest BCUT2D eigenvalue weighted by Crippen LogP contribution is 2.37. The van der Waals surface area contributed by atoms with Gasteiger partial charge in [0.15, 0.2) is 0 Å². The number of carbonyl (C=O) groups is 1. The molecule has 0 aliphatic carbocycles. The summed E-state index contributed by atoms with van der Waals surface area (Å²) in [4.78, 5) is 11.2. The van der Waals surface area contributed by atoms with Crippen LogP contribution in [0.1, 0.15) is 29.3 Å². The number of hydrogen-bond donors (Lipinski definition) is 3. The molecule has 0 aliphatic rings. The quantitative estimate of drug-likeness (QED) is 0.722. The van der Waals surface area contributed by atoms with E-state index in [1.165, 1.54) is 0 Å². The van der Waals surface area contributed by atoms with Crippen molar-refractivity contribution in [2.45, 2.75) is 19.8 Å². The van der Waals surface area contributed by atoms with Gasteiger partial charge in [-0.05, 0) is 18.4 Å². The molecule has 0 radical (unpaired) electrons. The zero-order valence-electron chi connectivity index (χ0n) is 10.5. The van der Waals surface area contributed by atoms with Gasteiger partial charge in [0, 0.05) is 6.07 Å². The molecular formula is C14H15ClO4. The Balaban J connectivity index is 3.28. The minimum atomic E-state index is -1.30. The fourth-order valence-electron chi connectivity index (χ4n) is 1.66. The van der Waals surface area contributed by atoms with Gasteiger partial charge in [0.25, 0.3) is 0 Å². The van der Waals surface area contributed by atoms with E-state index in [1.807, 2.05) is 13.0 Å². The summed E-state index contributed by atoms with van der Waals surface area (Å²) in [6.07, 6.45) is 4.59. The second kappa shape index (κ2) is 6.29. The molecule has 1 rings (SSSR count). The molecule has 0 aromatic heterocycles. The van der Waals surface area contributed by atoms with Gasteiger partial charge in [0.2, 0.25) is 0 Å². The van der Waals surface area contributed by atoms with E-state index < -0.39 is 11.7 Å². The predicted molar refractivity (Wildman–Crippen MR) is 74.0 cm³/mol. The molecular weight excluding hydrogens is 268 g/mol. The van der Waals surface area contributed by atoms with Crippen molar-refractivity contribution >= 4 is 17.6 Å². The lowest BCUT2D eigenvalue weighted by Crippen LogP contribution is -2.05. The summed E-state index contributed by atoms with van der Waals surface area (Å²) < 4.78 is 0. The summed E-state index contributed by atoms with van der Waals surface area (Å²) in [5, 5.41) is 28.2. The van der Waals surface area contributed by atoms with Crippen molar-refractivity contribution < 1.29 is 20.1 Å². The number of aromatic carboxylic acids is 1. The summed E-state index contributed by atoms with van der Waals surface area (Å²) in [5.74, 6) is -2.18. The standard InChI is InChI=1S/C14H15ClO4/c1-3-4-5-8(2)6-9-12(14(18)19)10(16)7-11(17)13(9)15/h4-5,7,16-17H,2-3,6H2,1H3,(H,18,19)/b5-4+. The Labute approximate surface area is 116 Å². The summed E-state index contributed by atoms with van der Waals surface area (Å²) in [6.45, 7) is 5.74. The van der Waals surface area contributed by atoms with Gasteiger partial charge in [-0.1, -0.05) is 42.8 Å². The lowest BCUT2D eigenvalue weighted by Gasteiger charge is -2.12. The van der Waals surface area contributed by atoms with E-state index in [4.69, 9.17) is 16.7 Å². The van der Waals surface area contributed by atoms with Gasteiger partial charge in [-0.25, -0.2) is 4.79 Å². The maximum absolute atomic E-state index is 11.2. The molecule has 0 unspecified atom stereocenters. The predicted octanol–water partition coefficient (Wildman–Crippen LogP) is 3.51. The van der Waals surface area contributed by atoms with E-state index in [1.54, 1.807) is 6.08 Å². The smallest absolute Gasteiger partial charge is 0.339 e. The molecule has 1 aromatic carbocycles. The number of halogens is 1. The van der Waals surface area contributed by atoms with Crippen LogP contribution < -0.4 is 0 Å². The first-order valence-corrected chi connectivity index (χ1v) is 6.07. The van der Waals surface area contributed by atoms with Crippen LogP contribution in [0.3, 0.4) is 0 Å². The van der Waals surface area contributed by atoms with E-state index in [2.05, 4.69) is 6.58 Å². The Morgan fingerprint density at radius 1 is 1.42 bits per heavy atom. The van der Waals surface area contributed by atoms with Gasteiger partial charge in [-0.2, -0.15) is 0 Å². The van der Waals surface area contributed by atoms with Crippen LogP contribution in [0.4, 0.5) is 0 Å². The molecule has 0 atom stereocenters. The van der Waals surface area contributed by atoms with Crippen LogP contribution in [0, 0.1) is 0 Å². The normalized spacial score (nSPS) is 10.8. The number of rotatable bonds is 5. The zero-order valence-corrected chi connectivity index (χ0v) is 11.2. The van der Waals surface area contributed by atoms with Gasteiger partial charge in [-0.15, -0.1) is 0 Å². The molecule has 0 saturated carbocycles. The number of hydrogen-bond acceptors (Lipinski definition) is 3. The highest BCUT2D eigenvalue weighted by atomic mass is 35.5. The average molecular weight is 283 g/mol. The van der Waals surface area contributed by atoms with E-state index in [9.17, 15) is 15.0 Å². The van der Waals surface area contributed by atoms with Crippen molar-refractivity contribution in [1.29, 1.82) is 0 Å². The molecule has 4 nitrogen and oxygen atoms in total. The summed E-state index contributed by atoms with van der Waals surface area (Å²) in [7, 11) is 0. The molecule has 5 heteroatoms. The third-order valence-corrected chi connectivity index (χ3v) is 2.95. The number of aromatic hydroxyl groups is 2. The minimum Gasteiger partial charge on any atom is -0.507 e. The van der Waals surface area contributed by atoms with E-state index in [-0.39, 0.29) is 28.3 Å². The Morgan fingerprint density at radius 2 is 2.05 bits per heavy atom. The topological polar surface area (TPSA) is 77.8 Å². The van der Waals surface area contributed by atoms with Crippen molar-refractivity contribution in [3.8, 4) is 11.5 Å². The highest BCUT2D eigenvalue weighted by Gasteiger charge is 2.21. The van der Waals surface area contributed by atoms with Crippen LogP contribution in [-0.4, -0.2) is 21.3 Å². The maximum atomic E-state index is 11.2. The molecule has 0 heterocycles. The van der Waals surface area contributed by atoms with Gasteiger partial charge in [-0.3, -0.25) is 0 Å². The number of carboxylic acid groups (broad SMARTS) is 1. The number of benzene rings is 1.